The SMILES string of the molecule is C=C(N=Nc1ccc(Nc2ccccc2)cc1)C(C)=CC=C[NH2+]C. The predicted molar refractivity (Wildman–Crippen MR) is 101 cm³/mol. The Hall–Kier alpha value is -2.98. The normalized spacial score (nSPS) is 12.0. The van der Waals surface area contributed by atoms with Crippen molar-refractivity contribution in [2.75, 3.05) is 12.4 Å². The lowest BCUT2D eigenvalue weighted by atomic mass is 10.2. The smallest absolute Gasteiger partial charge is 0.0923 e. The lowest BCUT2D eigenvalue weighted by Crippen LogP contribution is -2.72. The number of rotatable bonds is 7. The van der Waals surface area contributed by atoms with Crippen LogP contribution in [0.1, 0.15) is 6.92 Å². The van der Waals surface area contributed by atoms with E-state index in [1.807, 2.05) is 92.2 Å². The van der Waals surface area contributed by atoms with Gasteiger partial charge in [0.25, 0.3) is 0 Å². The van der Waals surface area contributed by atoms with Crippen molar-refractivity contribution >= 4 is 17.1 Å². The number of para-hydroxylation sites is 1. The molecule has 0 fully saturated rings. The topological polar surface area (TPSA) is 53.4 Å². The molecule has 0 aliphatic rings. The lowest BCUT2D eigenvalue weighted by Gasteiger charge is -2.05. The second-order valence-corrected chi connectivity index (χ2v) is 5.25. The molecular weight excluding hydrogens is 296 g/mol. The summed E-state index contributed by atoms with van der Waals surface area (Å²) in [4.78, 5) is 0. The summed E-state index contributed by atoms with van der Waals surface area (Å²) < 4.78 is 0. The number of allylic oxidation sites excluding steroid dienone is 3. The Balaban J connectivity index is 1.97. The molecule has 0 amide bonds. The first kappa shape index (κ1) is 17.4. The summed E-state index contributed by atoms with van der Waals surface area (Å²) in [5.41, 5.74) is 4.50. The van der Waals surface area contributed by atoms with Crippen molar-refractivity contribution in [1.82, 2.24) is 0 Å². The lowest BCUT2D eigenvalue weighted by molar-refractivity contribution is -0.556. The minimum absolute atomic E-state index is 0.655. The zero-order valence-electron chi connectivity index (χ0n) is 14.1. The van der Waals surface area contributed by atoms with Crippen LogP contribution in [0, 0.1) is 0 Å². The molecule has 2 rings (SSSR count). The van der Waals surface area contributed by atoms with Gasteiger partial charge in [-0.25, -0.2) is 0 Å². The second kappa shape index (κ2) is 9.22. The average molecular weight is 319 g/mol. The standard InChI is InChI=1S/C20H22N4/c1-16(8-7-15-21-3)17(2)23-24-20-13-11-19(12-14-20)22-18-9-5-4-6-10-18/h4-15,21-22H,2H2,1,3H3/p+1. The fraction of sp³-hybridized carbons (Fsp3) is 0.100. The van der Waals surface area contributed by atoms with E-state index in [9.17, 15) is 0 Å². The molecular formula is C20H23N4+. The van der Waals surface area contributed by atoms with E-state index in [2.05, 4.69) is 22.1 Å². The third-order valence-electron chi connectivity index (χ3n) is 3.32. The van der Waals surface area contributed by atoms with Gasteiger partial charge >= 0.3 is 0 Å². The van der Waals surface area contributed by atoms with E-state index in [0.717, 1.165) is 22.6 Å². The van der Waals surface area contributed by atoms with Gasteiger partial charge in [0.1, 0.15) is 0 Å². The molecule has 0 saturated heterocycles. The Morgan fingerprint density at radius 3 is 2.38 bits per heavy atom. The number of hydrogen-bond donors (Lipinski definition) is 2. The van der Waals surface area contributed by atoms with Crippen LogP contribution in [-0.4, -0.2) is 7.05 Å². The van der Waals surface area contributed by atoms with E-state index >= 15 is 0 Å². The Labute approximate surface area is 143 Å². The van der Waals surface area contributed by atoms with E-state index in [-0.39, 0.29) is 0 Å². The number of benzene rings is 2. The van der Waals surface area contributed by atoms with E-state index in [0.29, 0.717) is 5.70 Å². The van der Waals surface area contributed by atoms with Crippen LogP contribution in [0.2, 0.25) is 0 Å². The number of hydrogen-bond acceptors (Lipinski definition) is 3. The van der Waals surface area contributed by atoms with Crippen LogP contribution in [0.15, 0.2) is 101 Å². The van der Waals surface area contributed by atoms with Crippen molar-refractivity contribution in [3.63, 3.8) is 0 Å². The summed E-state index contributed by atoms with van der Waals surface area (Å²) in [6.45, 7) is 5.90. The van der Waals surface area contributed by atoms with Crippen LogP contribution in [0.3, 0.4) is 0 Å². The van der Waals surface area contributed by atoms with E-state index < -0.39 is 0 Å². The van der Waals surface area contributed by atoms with Crippen LogP contribution in [0.5, 0.6) is 0 Å². The highest BCUT2D eigenvalue weighted by Gasteiger charge is 1.96. The second-order valence-electron chi connectivity index (χ2n) is 5.25. The van der Waals surface area contributed by atoms with E-state index in [1.165, 1.54) is 0 Å². The zero-order chi connectivity index (χ0) is 17.2. The quantitative estimate of drug-likeness (QED) is 0.565. The maximum atomic E-state index is 4.23. The number of anilines is 2. The number of nitrogens with two attached hydrogens (primary N) is 1. The monoisotopic (exact) mass is 319 g/mol. The van der Waals surface area contributed by atoms with Crippen LogP contribution >= 0.6 is 0 Å². The summed E-state index contributed by atoms with van der Waals surface area (Å²) >= 11 is 0. The number of azo groups is 1. The van der Waals surface area contributed by atoms with Crippen molar-refractivity contribution in [3.05, 3.63) is 90.8 Å². The Bertz CT molecular complexity index is 741. The first-order valence-electron chi connectivity index (χ1n) is 7.85. The first-order valence-corrected chi connectivity index (χ1v) is 7.85. The molecule has 0 saturated carbocycles. The van der Waals surface area contributed by atoms with Gasteiger partial charge in [-0.15, -0.1) is 0 Å². The highest BCUT2D eigenvalue weighted by atomic mass is 15.1. The molecule has 0 aliphatic heterocycles. The van der Waals surface area contributed by atoms with Crippen LogP contribution in [0.4, 0.5) is 17.1 Å². The highest BCUT2D eigenvalue weighted by Crippen LogP contribution is 2.21. The fourth-order valence-electron chi connectivity index (χ4n) is 1.90. The van der Waals surface area contributed by atoms with Gasteiger partial charge in [-0.05, 0) is 55.0 Å². The number of quaternary nitrogens is 1. The average Bonchev–Trinajstić information content (AvgIpc) is 2.62. The van der Waals surface area contributed by atoms with Crippen LogP contribution in [-0.2, 0) is 0 Å². The van der Waals surface area contributed by atoms with Crippen molar-refractivity contribution in [2.24, 2.45) is 10.2 Å². The molecule has 122 valence electrons. The molecule has 0 spiro atoms. The fourth-order valence-corrected chi connectivity index (χ4v) is 1.90. The van der Waals surface area contributed by atoms with E-state index in [4.69, 9.17) is 0 Å². The molecule has 24 heavy (non-hydrogen) atoms. The van der Waals surface area contributed by atoms with Gasteiger partial charge in [0.15, 0.2) is 0 Å². The Morgan fingerprint density at radius 2 is 1.71 bits per heavy atom. The molecule has 4 heteroatoms. The Kier molecular flexibility index (Phi) is 6.68. The summed E-state index contributed by atoms with van der Waals surface area (Å²) in [5.74, 6) is 0. The third kappa shape index (κ3) is 5.66. The van der Waals surface area contributed by atoms with Crippen LogP contribution in [0.25, 0.3) is 0 Å². The maximum absolute atomic E-state index is 4.23. The van der Waals surface area contributed by atoms with Gasteiger partial charge in [-0.3, -0.25) is 0 Å². The van der Waals surface area contributed by atoms with Crippen molar-refractivity contribution in [2.45, 2.75) is 6.92 Å². The first-order chi connectivity index (χ1) is 11.7. The third-order valence-corrected chi connectivity index (χ3v) is 3.32. The minimum Gasteiger partial charge on any atom is -0.356 e. The molecule has 2 aromatic carbocycles. The van der Waals surface area contributed by atoms with Gasteiger partial charge < -0.3 is 10.6 Å². The summed E-state index contributed by atoms with van der Waals surface area (Å²) in [5, 5.41) is 13.7. The maximum Gasteiger partial charge on any atom is 0.0923 e. The molecule has 0 aliphatic carbocycles. The molecule has 4 nitrogen and oxygen atoms in total. The van der Waals surface area contributed by atoms with Gasteiger partial charge in [0.05, 0.1) is 24.6 Å². The molecule has 3 N–H and O–H groups in total. The van der Waals surface area contributed by atoms with E-state index in [1.54, 1.807) is 0 Å². The molecule has 0 atom stereocenters. The number of nitrogens with one attached hydrogen (secondary N) is 1. The van der Waals surface area contributed by atoms with Gasteiger partial charge in [0, 0.05) is 11.4 Å². The van der Waals surface area contributed by atoms with Gasteiger partial charge in [-0.2, -0.15) is 10.2 Å². The number of nitrogens with zero attached hydrogens (tertiary/aromatic N) is 2. The van der Waals surface area contributed by atoms with Crippen molar-refractivity contribution in [3.8, 4) is 0 Å². The molecule has 0 unspecified atom stereocenters. The molecule has 0 heterocycles. The summed E-state index contributed by atoms with van der Waals surface area (Å²) in [6.07, 6.45) is 5.89. The molecule has 0 bridgehead atoms. The summed E-state index contributed by atoms with van der Waals surface area (Å²) in [6, 6.07) is 17.8. The zero-order valence-corrected chi connectivity index (χ0v) is 14.1. The largest absolute Gasteiger partial charge is 0.356 e. The van der Waals surface area contributed by atoms with Gasteiger partial charge in [0.2, 0.25) is 0 Å². The minimum atomic E-state index is 0.655. The highest BCUT2D eigenvalue weighted by molar-refractivity contribution is 5.61. The molecule has 0 aromatic heterocycles. The van der Waals surface area contributed by atoms with Gasteiger partial charge in [-0.1, -0.05) is 30.9 Å². The van der Waals surface area contributed by atoms with Crippen molar-refractivity contribution in [1.29, 1.82) is 0 Å². The predicted octanol–water partition coefficient (Wildman–Crippen LogP) is 4.68. The van der Waals surface area contributed by atoms with Crippen LogP contribution < -0.4 is 10.6 Å². The Morgan fingerprint density at radius 1 is 1.04 bits per heavy atom. The summed E-state index contributed by atoms with van der Waals surface area (Å²) in [7, 11) is 1.98. The molecule has 0 radical (unpaired) electrons. The van der Waals surface area contributed by atoms with Crippen molar-refractivity contribution < 1.29 is 5.32 Å². The molecule has 2 aromatic rings.